The van der Waals surface area contributed by atoms with Crippen LogP contribution < -0.4 is 11.1 Å². The van der Waals surface area contributed by atoms with Crippen LogP contribution in [0.1, 0.15) is 65.2 Å². The number of primary amides is 1. The van der Waals surface area contributed by atoms with Crippen LogP contribution in [0.2, 0.25) is 0 Å². The summed E-state index contributed by atoms with van der Waals surface area (Å²) < 4.78 is 0. The Morgan fingerprint density at radius 3 is 1.73 bits per heavy atom. The molecule has 1 aromatic carbocycles. The summed E-state index contributed by atoms with van der Waals surface area (Å²) in [5, 5.41) is 2.33. The van der Waals surface area contributed by atoms with E-state index in [2.05, 4.69) is 19.2 Å². The van der Waals surface area contributed by atoms with Gasteiger partial charge in [-0.3, -0.25) is 9.59 Å². The van der Waals surface area contributed by atoms with E-state index in [1.165, 1.54) is 51.4 Å². The van der Waals surface area contributed by atoms with Gasteiger partial charge in [-0.25, -0.2) is 0 Å². The molecule has 0 aliphatic carbocycles. The van der Waals surface area contributed by atoms with Crippen LogP contribution >= 0.6 is 0 Å². The van der Waals surface area contributed by atoms with E-state index in [0.29, 0.717) is 5.69 Å². The van der Waals surface area contributed by atoms with E-state index in [9.17, 15) is 9.59 Å². The summed E-state index contributed by atoms with van der Waals surface area (Å²) in [6.07, 6.45) is 11.5. The minimum absolute atomic E-state index is 0.557. The van der Waals surface area contributed by atoms with Crippen LogP contribution in [0.4, 0.5) is 5.69 Å². The first kappa shape index (κ1) is 20.2. The molecule has 0 spiro atoms. The van der Waals surface area contributed by atoms with Gasteiger partial charge in [0.05, 0.1) is 0 Å². The molecule has 0 bridgehead atoms. The van der Waals surface area contributed by atoms with Crippen LogP contribution in [-0.2, 0) is 9.59 Å². The van der Waals surface area contributed by atoms with Crippen LogP contribution in [0.15, 0.2) is 30.3 Å². The van der Waals surface area contributed by atoms with Gasteiger partial charge >= 0.3 is 11.8 Å². The fourth-order valence-electron chi connectivity index (χ4n) is 1.92. The molecule has 1 rings (SSSR count). The quantitative estimate of drug-likeness (QED) is 0.556. The summed E-state index contributed by atoms with van der Waals surface area (Å²) in [4.78, 5) is 21.0. The highest BCUT2D eigenvalue weighted by Gasteiger charge is 2.07. The van der Waals surface area contributed by atoms with Gasteiger partial charge in [-0.15, -0.1) is 0 Å². The third-order valence-corrected chi connectivity index (χ3v) is 3.21. The molecule has 0 saturated carbocycles. The van der Waals surface area contributed by atoms with Crippen molar-refractivity contribution >= 4 is 17.5 Å². The molecule has 124 valence electrons. The average Bonchev–Trinajstić information content (AvgIpc) is 2.52. The lowest BCUT2D eigenvalue weighted by Gasteiger charge is -1.99. The van der Waals surface area contributed by atoms with Gasteiger partial charge in [0.15, 0.2) is 0 Å². The molecule has 0 radical (unpaired) electrons. The molecule has 0 heterocycles. The van der Waals surface area contributed by atoms with Crippen molar-refractivity contribution in [1.29, 1.82) is 0 Å². The largest absolute Gasteiger partial charge is 0.361 e. The number of unbranched alkanes of at least 4 members (excludes halogenated alkanes) is 7. The smallest absolute Gasteiger partial charge is 0.313 e. The summed E-state index contributed by atoms with van der Waals surface area (Å²) in [5.74, 6) is -1.79. The van der Waals surface area contributed by atoms with Crippen molar-refractivity contribution in [2.45, 2.75) is 65.2 Å². The minimum Gasteiger partial charge on any atom is -0.361 e. The number of anilines is 1. The summed E-state index contributed by atoms with van der Waals surface area (Å²) >= 11 is 0. The number of nitrogens with two attached hydrogens (primary N) is 1. The fraction of sp³-hybridized carbons (Fsp3) is 0.556. The zero-order valence-corrected chi connectivity index (χ0v) is 13.9. The minimum atomic E-state index is -0.987. The maximum absolute atomic E-state index is 10.7. The molecule has 0 aliphatic heterocycles. The summed E-state index contributed by atoms with van der Waals surface area (Å²) in [5.41, 5.74) is 5.29. The Morgan fingerprint density at radius 2 is 1.32 bits per heavy atom. The van der Waals surface area contributed by atoms with Crippen molar-refractivity contribution in [2.24, 2.45) is 5.73 Å². The molecule has 0 saturated heterocycles. The normalized spacial score (nSPS) is 9.55. The lowest BCUT2D eigenvalue weighted by Crippen LogP contribution is -2.29. The highest BCUT2D eigenvalue weighted by atomic mass is 16.2. The second-order valence-corrected chi connectivity index (χ2v) is 5.31. The van der Waals surface area contributed by atoms with Crippen molar-refractivity contribution in [3.8, 4) is 0 Å². The van der Waals surface area contributed by atoms with Crippen LogP contribution in [-0.4, -0.2) is 11.8 Å². The van der Waals surface area contributed by atoms with Crippen LogP contribution in [0.3, 0.4) is 0 Å². The van der Waals surface area contributed by atoms with E-state index >= 15 is 0 Å². The summed E-state index contributed by atoms with van der Waals surface area (Å²) in [6, 6.07) is 8.63. The Balaban J connectivity index is 0.000000409. The van der Waals surface area contributed by atoms with Gasteiger partial charge in [-0.1, -0.05) is 83.4 Å². The number of para-hydroxylation sites is 1. The van der Waals surface area contributed by atoms with Gasteiger partial charge in [0.25, 0.3) is 0 Å². The molecule has 4 heteroatoms. The number of hydrogen-bond donors (Lipinski definition) is 2. The molecule has 2 amide bonds. The van der Waals surface area contributed by atoms with Crippen LogP contribution in [0.25, 0.3) is 0 Å². The Labute approximate surface area is 134 Å². The molecular formula is C18H30N2O2. The van der Waals surface area contributed by atoms with Gasteiger partial charge in [0.1, 0.15) is 0 Å². The summed E-state index contributed by atoms with van der Waals surface area (Å²) in [7, 11) is 0. The number of benzene rings is 1. The highest BCUT2D eigenvalue weighted by molar-refractivity contribution is 6.39. The third kappa shape index (κ3) is 11.9. The maximum Gasteiger partial charge on any atom is 0.313 e. The summed E-state index contributed by atoms with van der Waals surface area (Å²) in [6.45, 7) is 4.54. The second-order valence-electron chi connectivity index (χ2n) is 5.31. The van der Waals surface area contributed by atoms with Gasteiger partial charge < -0.3 is 11.1 Å². The monoisotopic (exact) mass is 306 g/mol. The zero-order chi connectivity index (χ0) is 16.6. The van der Waals surface area contributed by atoms with E-state index in [-0.39, 0.29) is 0 Å². The molecule has 0 fully saturated rings. The molecule has 0 aliphatic rings. The van der Waals surface area contributed by atoms with E-state index in [4.69, 9.17) is 5.73 Å². The molecule has 1 aromatic rings. The molecule has 4 nitrogen and oxygen atoms in total. The SMILES string of the molecule is CCCCCCCCCC.NC(=O)C(=O)Nc1ccccc1. The first-order valence-electron chi connectivity index (χ1n) is 8.27. The molecule has 0 aromatic heterocycles. The van der Waals surface area contributed by atoms with Gasteiger partial charge in [0, 0.05) is 5.69 Å². The Morgan fingerprint density at radius 1 is 0.864 bits per heavy atom. The molecule has 22 heavy (non-hydrogen) atoms. The fourth-order valence-corrected chi connectivity index (χ4v) is 1.92. The standard InChI is InChI=1S/C10H22.C8H8N2O2/c1-3-5-7-9-10-8-6-4-2;9-7(11)8(12)10-6-4-2-1-3-5-6/h3-10H2,1-2H3;1-5H,(H2,9,11)(H,10,12). The molecule has 3 N–H and O–H groups in total. The van der Waals surface area contributed by atoms with E-state index in [1.807, 2.05) is 0 Å². The number of carbonyl (C=O) groups is 2. The van der Waals surface area contributed by atoms with Crippen molar-refractivity contribution < 1.29 is 9.59 Å². The number of rotatable bonds is 8. The Kier molecular flexibility index (Phi) is 12.9. The van der Waals surface area contributed by atoms with Crippen molar-refractivity contribution in [3.05, 3.63) is 30.3 Å². The van der Waals surface area contributed by atoms with Crippen molar-refractivity contribution in [2.75, 3.05) is 5.32 Å². The number of carbonyl (C=O) groups excluding carboxylic acids is 2. The lowest BCUT2D eigenvalue weighted by molar-refractivity contribution is -0.134. The van der Waals surface area contributed by atoms with E-state index < -0.39 is 11.8 Å². The van der Waals surface area contributed by atoms with Crippen LogP contribution in [0, 0.1) is 0 Å². The Hall–Kier alpha value is -1.84. The first-order chi connectivity index (χ1) is 10.6. The topological polar surface area (TPSA) is 72.2 Å². The zero-order valence-electron chi connectivity index (χ0n) is 13.9. The van der Waals surface area contributed by atoms with Gasteiger partial charge in [-0.05, 0) is 12.1 Å². The number of hydrogen-bond acceptors (Lipinski definition) is 2. The lowest BCUT2D eigenvalue weighted by atomic mass is 10.1. The molecule has 0 atom stereocenters. The number of amides is 2. The third-order valence-electron chi connectivity index (χ3n) is 3.21. The average molecular weight is 306 g/mol. The van der Waals surface area contributed by atoms with Gasteiger partial charge in [-0.2, -0.15) is 0 Å². The second kappa shape index (κ2) is 14.1. The highest BCUT2D eigenvalue weighted by Crippen LogP contribution is 2.07. The van der Waals surface area contributed by atoms with Gasteiger partial charge in [0.2, 0.25) is 0 Å². The predicted molar refractivity (Wildman–Crippen MR) is 92.6 cm³/mol. The molecule has 0 unspecified atom stereocenters. The Bertz CT molecular complexity index is 397. The maximum atomic E-state index is 10.7. The predicted octanol–water partition coefficient (Wildman–Crippen LogP) is 4.26. The van der Waals surface area contributed by atoms with Crippen molar-refractivity contribution in [3.63, 3.8) is 0 Å². The first-order valence-corrected chi connectivity index (χ1v) is 8.27. The number of nitrogens with one attached hydrogen (secondary N) is 1. The van der Waals surface area contributed by atoms with Crippen molar-refractivity contribution in [1.82, 2.24) is 0 Å². The molecular weight excluding hydrogens is 276 g/mol. The van der Waals surface area contributed by atoms with E-state index in [1.54, 1.807) is 30.3 Å². The van der Waals surface area contributed by atoms with E-state index in [0.717, 1.165) is 0 Å². The van der Waals surface area contributed by atoms with Crippen LogP contribution in [0.5, 0.6) is 0 Å².